The van der Waals surface area contributed by atoms with Crippen LogP contribution in [-0.4, -0.2) is 25.0 Å². The van der Waals surface area contributed by atoms with Gasteiger partial charge in [0.25, 0.3) is 0 Å². The molecule has 6 heteroatoms. The number of nitrogens with zero attached hydrogens (tertiary/aromatic N) is 1. The summed E-state index contributed by atoms with van der Waals surface area (Å²) in [7, 11) is -1.12. The number of hydrogen-bond donors (Lipinski definition) is 0. The van der Waals surface area contributed by atoms with E-state index >= 15 is 0 Å². The topological polar surface area (TPSA) is 31.2 Å². The number of ketones is 1. The molecular formula is C19H25BrClNO2Si. The first-order chi connectivity index (χ1) is 11.8. The van der Waals surface area contributed by atoms with Crippen molar-refractivity contribution in [3.05, 3.63) is 32.9 Å². The number of rotatable bonds is 5. The van der Waals surface area contributed by atoms with Gasteiger partial charge in [0, 0.05) is 37.7 Å². The van der Waals surface area contributed by atoms with E-state index in [-0.39, 0.29) is 5.78 Å². The number of Topliss-reactive ketones (excluding diaryl/α,β-unsaturated/α-hetero) is 1. The molecule has 1 aromatic heterocycles. The number of aromatic nitrogens is 1. The summed E-state index contributed by atoms with van der Waals surface area (Å²) in [4.78, 5) is 12.7. The maximum Gasteiger partial charge on any atom is 0.165 e. The fraction of sp³-hybridized carbons (Fsp3) is 0.526. The molecule has 0 unspecified atom stereocenters. The van der Waals surface area contributed by atoms with Crippen molar-refractivity contribution in [2.75, 3.05) is 6.61 Å². The maximum absolute atomic E-state index is 12.7. The monoisotopic (exact) mass is 441 g/mol. The van der Waals surface area contributed by atoms with Gasteiger partial charge < -0.3 is 9.30 Å². The Hall–Kier alpha value is -0.623. The van der Waals surface area contributed by atoms with E-state index in [9.17, 15) is 4.79 Å². The summed E-state index contributed by atoms with van der Waals surface area (Å²) in [6.45, 7) is 8.28. The molecular weight excluding hydrogens is 418 g/mol. The third-order valence-electron chi connectivity index (χ3n) is 4.79. The van der Waals surface area contributed by atoms with Gasteiger partial charge >= 0.3 is 0 Å². The van der Waals surface area contributed by atoms with E-state index in [4.69, 9.17) is 16.3 Å². The molecule has 3 rings (SSSR count). The van der Waals surface area contributed by atoms with Crippen molar-refractivity contribution >= 4 is 52.3 Å². The molecule has 1 heterocycles. The zero-order chi connectivity index (χ0) is 18.2. The lowest BCUT2D eigenvalue weighted by molar-refractivity contribution is 0.0880. The zero-order valence-electron chi connectivity index (χ0n) is 15.1. The van der Waals surface area contributed by atoms with Crippen LogP contribution < -0.4 is 0 Å². The molecule has 136 valence electrons. The third-order valence-corrected chi connectivity index (χ3v) is 7.84. The second-order valence-corrected chi connectivity index (χ2v) is 14.8. The van der Waals surface area contributed by atoms with Gasteiger partial charge in [0.1, 0.15) is 6.73 Å². The number of carbonyl (C=O) groups is 1. The first-order valence-electron chi connectivity index (χ1n) is 8.89. The second kappa shape index (κ2) is 7.55. The first-order valence-corrected chi connectivity index (χ1v) is 13.8. The number of halogens is 2. The van der Waals surface area contributed by atoms with Crippen LogP contribution in [0, 0.1) is 0 Å². The summed E-state index contributed by atoms with van der Waals surface area (Å²) in [6, 6.07) is 4.97. The molecule has 3 nitrogen and oxygen atoms in total. The summed E-state index contributed by atoms with van der Waals surface area (Å²) >= 11 is 9.96. The van der Waals surface area contributed by atoms with Crippen LogP contribution in [0.3, 0.4) is 0 Å². The molecule has 1 aliphatic rings. The summed E-state index contributed by atoms with van der Waals surface area (Å²) in [5.74, 6) is 0.243. The highest BCUT2D eigenvalue weighted by molar-refractivity contribution is 9.10. The smallest absolute Gasteiger partial charge is 0.165 e. The number of fused-ring (bicyclic) bond motifs is 3. The van der Waals surface area contributed by atoms with Crippen molar-refractivity contribution in [3.8, 4) is 0 Å². The Kier molecular flexibility index (Phi) is 5.78. The van der Waals surface area contributed by atoms with Crippen LogP contribution in [0.4, 0.5) is 0 Å². The molecule has 0 atom stereocenters. The van der Waals surface area contributed by atoms with E-state index in [0.29, 0.717) is 18.2 Å². The Balaban J connectivity index is 2.02. The van der Waals surface area contributed by atoms with Gasteiger partial charge in [-0.3, -0.25) is 4.79 Å². The van der Waals surface area contributed by atoms with Crippen LogP contribution in [0.1, 0.15) is 35.3 Å². The predicted molar refractivity (Wildman–Crippen MR) is 111 cm³/mol. The van der Waals surface area contributed by atoms with Crippen molar-refractivity contribution in [3.63, 3.8) is 0 Å². The van der Waals surface area contributed by atoms with Gasteiger partial charge in [-0.05, 0) is 47.3 Å². The molecule has 0 aliphatic heterocycles. The Morgan fingerprint density at radius 3 is 2.68 bits per heavy atom. The van der Waals surface area contributed by atoms with Crippen molar-refractivity contribution in [1.82, 2.24) is 4.57 Å². The van der Waals surface area contributed by atoms with Gasteiger partial charge in [-0.25, -0.2) is 0 Å². The minimum Gasteiger partial charge on any atom is -0.361 e. The first kappa shape index (κ1) is 19.1. The van der Waals surface area contributed by atoms with Crippen LogP contribution in [0.25, 0.3) is 10.9 Å². The quantitative estimate of drug-likeness (QED) is 0.310. The molecule has 25 heavy (non-hydrogen) atoms. The minimum absolute atomic E-state index is 0.243. The second-order valence-electron chi connectivity index (χ2n) is 7.99. The predicted octanol–water partition coefficient (Wildman–Crippen LogP) is 6.28. The van der Waals surface area contributed by atoms with Crippen molar-refractivity contribution in [1.29, 1.82) is 0 Å². The number of hydrogen-bond acceptors (Lipinski definition) is 2. The molecule has 0 amide bonds. The molecule has 0 spiro atoms. The van der Waals surface area contributed by atoms with E-state index in [0.717, 1.165) is 58.5 Å². The molecule has 0 radical (unpaired) electrons. The summed E-state index contributed by atoms with van der Waals surface area (Å²) in [5.41, 5.74) is 2.97. The van der Waals surface area contributed by atoms with Crippen LogP contribution >= 0.6 is 27.5 Å². The third kappa shape index (κ3) is 4.05. The highest BCUT2D eigenvalue weighted by Gasteiger charge is 2.26. The molecule has 0 saturated carbocycles. The highest BCUT2D eigenvalue weighted by atomic mass is 79.9. The van der Waals surface area contributed by atoms with E-state index in [2.05, 4.69) is 40.1 Å². The lowest BCUT2D eigenvalue weighted by atomic mass is 10.1. The molecule has 1 aliphatic carbocycles. The van der Waals surface area contributed by atoms with Gasteiger partial charge in [0.2, 0.25) is 0 Å². The molecule has 2 aromatic rings. The van der Waals surface area contributed by atoms with Crippen LogP contribution in [0.5, 0.6) is 0 Å². The lowest BCUT2D eigenvalue weighted by Gasteiger charge is -2.17. The standard InChI is InChI=1S/C19H25BrClNO2Si/c1-25(2,3)11-10-24-12-22-15-6-4-5-7-16(23)17(15)13-8-9-14(21)18(20)19(13)22/h8-9H,4-7,10-12H2,1-3H3. The Morgan fingerprint density at radius 2 is 1.96 bits per heavy atom. The summed E-state index contributed by atoms with van der Waals surface area (Å²) < 4.78 is 9.03. The molecule has 0 bridgehead atoms. The van der Waals surface area contributed by atoms with E-state index in [1.54, 1.807) is 0 Å². The fourth-order valence-corrected chi connectivity index (χ4v) is 4.85. The van der Waals surface area contributed by atoms with Crippen molar-refractivity contribution < 1.29 is 9.53 Å². The van der Waals surface area contributed by atoms with E-state index < -0.39 is 8.07 Å². The van der Waals surface area contributed by atoms with Crippen molar-refractivity contribution in [2.24, 2.45) is 0 Å². The van der Waals surface area contributed by atoms with Gasteiger partial charge in [0.05, 0.1) is 15.0 Å². The minimum atomic E-state index is -1.12. The fourth-order valence-electron chi connectivity index (χ4n) is 3.38. The van der Waals surface area contributed by atoms with Gasteiger partial charge in [0.15, 0.2) is 5.78 Å². The SMILES string of the molecule is C[Si](C)(C)CCOCn1c2c(c3ccc(Cl)c(Br)c31)C(=O)CCCC2. The Labute approximate surface area is 163 Å². The van der Waals surface area contributed by atoms with Crippen molar-refractivity contribution in [2.45, 2.75) is 58.1 Å². The van der Waals surface area contributed by atoms with Gasteiger partial charge in [-0.15, -0.1) is 0 Å². The van der Waals surface area contributed by atoms with Gasteiger partial charge in [-0.1, -0.05) is 37.3 Å². The van der Waals surface area contributed by atoms with Gasteiger partial charge in [-0.2, -0.15) is 0 Å². The molecule has 0 saturated heterocycles. The largest absolute Gasteiger partial charge is 0.361 e. The molecule has 1 aromatic carbocycles. The normalized spacial score (nSPS) is 15.5. The Morgan fingerprint density at radius 1 is 1.24 bits per heavy atom. The van der Waals surface area contributed by atoms with Crippen LogP contribution in [0.2, 0.25) is 30.7 Å². The number of carbonyl (C=O) groups excluding carboxylic acids is 1. The summed E-state index contributed by atoms with van der Waals surface area (Å²) in [5, 5.41) is 1.66. The lowest BCUT2D eigenvalue weighted by Crippen LogP contribution is -2.22. The Bertz CT molecular complexity index is 810. The number of ether oxygens (including phenoxy) is 1. The van der Waals surface area contributed by atoms with E-state index in [1.165, 1.54) is 0 Å². The maximum atomic E-state index is 12.7. The highest BCUT2D eigenvalue weighted by Crippen LogP contribution is 2.38. The van der Waals surface area contributed by atoms with E-state index in [1.807, 2.05) is 12.1 Å². The van der Waals surface area contributed by atoms with Crippen LogP contribution in [0.15, 0.2) is 16.6 Å². The molecule has 0 fully saturated rings. The average Bonchev–Trinajstić information content (AvgIpc) is 2.72. The average molecular weight is 443 g/mol. The summed E-state index contributed by atoms with van der Waals surface area (Å²) in [6.07, 6.45) is 3.54. The molecule has 0 N–H and O–H groups in total. The zero-order valence-corrected chi connectivity index (χ0v) is 18.5. The van der Waals surface area contributed by atoms with Crippen LogP contribution in [-0.2, 0) is 17.9 Å². The number of benzene rings is 1.